The second kappa shape index (κ2) is 7.59. The van der Waals surface area contributed by atoms with Gasteiger partial charge in [-0.05, 0) is 52.7 Å². The molecular weight excluding hydrogens is 394 g/mol. The first-order chi connectivity index (χ1) is 14.6. The number of carbonyl (C=O) groups excluding carboxylic acids is 2. The van der Waals surface area contributed by atoms with Gasteiger partial charge in [-0.1, -0.05) is 18.2 Å². The molecule has 1 aromatic carbocycles. The quantitative estimate of drug-likeness (QED) is 0.738. The largest absolute Gasteiger partial charge is 0.444 e. The predicted octanol–water partition coefficient (Wildman–Crippen LogP) is 3.31. The van der Waals surface area contributed by atoms with Crippen molar-refractivity contribution in [2.75, 3.05) is 29.6 Å². The molecule has 0 unspecified atom stereocenters. The lowest BCUT2D eigenvalue weighted by Gasteiger charge is -2.43. The monoisotopic (exact) mass is 425 g/mol. The van der Waals surface area contributed by atoms with Crippen molar-refractivity contribution in [3.05, 3.63) is 42.1 Å². The summed E-state index contributed by atoms with van der Waals surface area (Å²) in [4.78, 5) is 32.0. The van der Waals surface area contributed by atoms with Gasteiger partial charge < -0.3 is 14.5 Å². The Morgan fingerprint density at radius 2 is 1.77 bits per heavy atom. The number of anilines is 2. The van der Waals surface area contributed by atoms with Gasteiger partial charge in [0.2, 0.25) is 0 Å². The van der Waals surface area contributed by atoms with Crippen molar-refractivity contribution in [2.45, 2.75) is 51.7 Å². The molecule has 8 heteroatoms. The third-order valence-electron chi connectivity index (χ3n) is 6.13. The Hall–Kier alpha value is -3.03. The highest BCUT2D eigenvalue weighted by Gasteiger charge is 2.55. The molecule has 2 saturated heterocycles. The zero-order valence-electron chi connectivity index (χ0n) is 19.0. The Morgan fingerprint density at radius 3 is 2.32 bits per heavy atom. The average molecular weight is 426 g/mol. The van der Waals surface area contributed by atoms with E-state index in [1.807, 2.05) is 71.1 Å². The van der Waals surface area contributed by atoms with Crippen LogP contribution in [0.2, 0.25) is 0 Å². The van der Waals surface area contributed by atoms with E-state index in [2.05, 4.69) is 10.00 Å². The number of benzene rings is 1. The van der Waals surface area contributed by atoms with E-state index in [0.717, 1.165) is 11.4 Å². The fraction of sp³-hybridized carbons (Fsp3) is 0.522. The zero-order chi connectivity index (χ0) is 22.4. The Kier molecular flexibility index (Phi) is 5.19. The van der Waals surface area contributed by atoms with Gasteiger partial charge in [-0.2, -0.15) is 5.10 Å². The van der Waals surface area contributed by atoms with Gasteiger partial charge in [0.1, 0.15) is 17.8 Å². The number of carbonyl (C=O) groups is 2. The van der Waals surface area contributed by atoms with Crippen LogP contribution in [0.25, 0.3) is 0 Å². The lowest BCUT2D eigenvalue weighted by Crippen LogP contribution is -2.57. The lowest BCUT2D eigenvalue weighted by molar-refractivity contribution is -0.123. The Balaban J connectivity index is 1.62. The van der Waals surface area contributed by atoms with E-state index in [-0.39, 0.29) is 12.0 Å². The SMILES string of the molecule is Cc1cc(N2CN(c3ccccc3)C3(CCN(C(=O)OC(C)(C)C)CC3)C2=O)nn1C. The normalized spacial score (nSPS) is 18.7. The van der Waals surface area contributed by atoms with E-state index < -0.39 is 11.1 Å². The minimum atomic E-state index is -0.703. The van der Waals surface area contributed by atoms with Crippen LogP contribution in [0.3, 0.4) is 0 Å². The van der Waals surface area contributed by atoms with E-state index in [0.29, 0.717) is 38.4 Å². The molecule has 0 N–H and O–H groups in total. The molecule has 2 aliphatic rings. The Labute approximate surface area is 183 Å². The zero-order valence-corrected chi connectivity index (χ0v) is 19.0. The van der Waals surface area contributed by atoms with Crippen molar-refractivity contribution >= 4 is 23.5 Å². The van der Waals surface area contributed by atoms with Crippen molar-refractivity contribution in [1.82, 2.24) is 14.7 Å². The summed E-state index contributed by atoms with van der Waals surface area (Å²) in [6.45, 7) is 8.94. The summed E-state index contributed by atoms with van der Waals surface area (Å²) >= 11 is 0. The standard InChI is InChI=1S/C23H31N5O3/c1-17-15-19(24-25(17)5)27-16-28(18-9-7-6-8-10-18)23(20(27)29)11-13-26(14-12-23)21(30)31-22(2,3)4/h6-10,15H,11-14,16H2,1-5H3. The second-order valence-electron chi connectivity index (χ2n) is 9.40. The summed E-state index contributed by atoms with van der Waals surface area (Å²) in [7, 11) is 1.88. The molecule has 0 bridgehead atoms. The van der Waals surface area contributed by atoms with Crippen LogP contribution in [-0.4, -0.2) is 57.6 Å². The molecule has 0 atom stereocenters. The first-order valence-corrected chi connectivity index (χ1v) is 10.7. The van der Waals surface area contributed by atoms with E-state index in [1.54, 1.807) is 14.5 Å². The van der Waals surface area contributed by atoms with Gasteiger partial charge in [-0.15, -0.1) is 0 Å². The van der Waals surface area contributed by atoms with Crippen molar-refractivity contribution in [3.8, 4) is 0 Å². The minimum absolute atomic E-state index is 0.0401. The van der Waals surface area contributed by atoms with Gasteiger partial charge >= 0.3 is 6.09 Å². The van der Waals surface area contributed by atoms with Crippen LogP contribution in [0.15, 0.2) is 36.4 Å². The molecular formula is C23H31N5O3. The second-order valence-corrected chi connectivity index (χ2v) is 9.40. The van der Waals surface area contributed by atoms with Crippen LogP contribution in [0.4, 0.5) is 16.3 Å². The molecule has 8 nitrogen and oxygen atoms in total. The first-order valence-electron chi connectivity index (χ1n) is 10.7. The summed E-state index contributed by atoms with van der Waals surface area (Å²) in [5, 5.41) is 4.54. The maximum absolute atomic E-state index is 13.8. The Bertz CT molecular complexity index is 951. The molecule has 166 valence electrons. The smallest absolute Gasteiger partial charge is 0.410 e. The van der Waals surface area contributed by atoms with Crippen molar-refractivity contribution in [3.63, 3.8) is 0 Å². The molecule has 0 radical (unpaired) electrons. The van der Waals surface area contributed by atoms with Crippen LogP contribution in [0.5, 0.6) is 0 Å². The third kappa shape index (κ3) is 3.86. The number of amides is 2. The van der Waals surface area contributed by atoms with Gasteiger partial charge in [0.15, 0.2) is 5.82 Å². The topological polar surface area (TPSA) is 70.9 Å². The predicted molar refractivity (Wildman–Crippen MR) is 119 cm³/mol. The average Bonchev–Trinajstić information content (AvgIpc) is 3.19. The minimum Gasteiger partial charge on any atom is -0.444 e. The number of likely N-dealkylation sites (tertiary alicyclic amines) is 1. The van der Waals surface area contributed by atoms with Gasteiger partial charge in [-0.25, -0.2) is 4.79 Å². The third-order valence-corrected chi connectivity index (χ3v) is 6.13. The van der Waals surface area contributed by atoms with E-state index in [9.17, 15) is 9.59 Å². The number of hydrogen-bond acceptors (Lipinski definition) is 5. The number of piperidine rings is 1. The maximum atomic E-state index is 13.8. The van der Waals surface area contributed by atoms with Crippen molar-refractivity contribution in [2.24, 2.45) is 7.05 Å². The molecule has 2 fully saturated rings. The number of aromatic nitrogens is 2. The number of ether oxygens (including phenoxy) is 1. The molecule has 2 aliphatic heterocycles. The number of hydrogen-bond donors (Lipinski definition) is 0. The summed E-state index contributed by atoms with van der Waals surface area (Å²) in [5.74, 6) is 0.704. The van der Waals surface area contributed by atoms with Crippen LogP contribution in [0, 0.1) is 6.92 Å². The number of aryl methyl sites for hydroxylation is 2. The summed E-state index contributed by atoms with van der Waals surface area (Å²) in [5.41, 5.74) is 0.746. The molecule has 0 aliphatic carbocycles. The molecule has 4 rings (SSSR count). The number of rotatable bonds is 2. The van der Waals surface area contributed by atoms with Crippen LogP contribution in [-0.2, 0) is 16.6 Å². The first kappa shape index (κ1) is 21.2. The van der Waals surface area contributed by atoms with Gasteiger partial charge in [0.05, 0.1) is 0 Å². The summed E-state index contributed by atoms with van der Waals surface area (Å²) < 4.78 is 7.32. The summed E-state index contributed by atoms with van der Waals surface area (Å²) in [6, 6.07) is 11.9. The highest BCUT2D eigenvalue weighted by atomic mass is 16.6. The lowest BCUT2D eigenvalue weighted by atomic mass is 9.85. The molecule has 3 heterocycles. The van der Waals surface area contributed by atoms with E-state index in [4.69, 9.17) is 4.74 Å². The molecule has 0 saturated carbocycles. The summed E-state index contributed by atoms with van der Waals surface area (Å²) in [6.07, 6.45) is 0.765. The van der Waals surface area contributed by atoms with E-state index >= 15 is 0 Å². The number of nitrogens with zero attached hydrogens (tertiary/aromatic N) is 5. The van der Waals surface area contributed by atoms with E-state index in [1.165, 1.54) is 0 Å². The van der Waals surface area contributed by atoms with Gasteiger partial charge in [0.25, 0.3) is 5.91 Å². The maximum Gasteiger partial charge on any atom is 0.410 e. The van der Waals surface area contributed by atoms with Crippen LogP contribution in [0.1, 0.15) is 39.3 Å². The molecule has 2 amide bonds. The fourth-order valence-corrected chi connectivity index (χ4v) is 4.36. The van der Waals surface area contributed by atoms with Crippen LogP contribution >= 0.6 is 0 Å². The van der Waals surface area contributed by atoms with Crippen molar-refractivity contribution in [1.29, 1.82) is 0 Å². The van der Waals surface area contributed by atoms with Gasteiger partial charge in [0, 0.05) is 37.6 Å². The fourth-order valence-electron chi connectivity index (χ4n) is 4.36. The van der Waals surface area contributed by atoms with Crippen LogP contribution < -0.4 is 9.80 Å². The number of para-hydroxylation sites is 1. The molecule has 1 spiro atoms. The highest BCUT2D eigenvalue weighted by Crippen LogP contribution is 2.41. The molecule has 2 aromatic rings. The Morgan fingerprint density at radius 1 is 1.13 bits per heavy atom. The highest BCUT2D eigenvalue weighted by molar-refractivity contribution is 6.05. The molecule has 31 heavy (non-hydrogen) atoms. The van der Waals surface area contributed by atoms with Gasteiger partial charge in [-0.3, -0.25) is 14.4 Å². The molecule has 1 aromatic heterocycles. The van der Waals surface area contributed by atoms with Crippen molar-refractivity contribution < 1.29 is 14.3 Å².